The predicted octanol–water partition coefficient (Wildman–Crippen LogP) is 0.511. The van der Waals surface area contributed by atoms with Gasteiger partial charge in [-0.15, -0.1) is 0 Å². The molecule has 4 rings (SSSR count). The maximum absolute atomic E-state index is 12.2. The lowest BCUT2D eigenvalue weighted by molar-refractivity contribution is -0.125. The number of nitrogens with zero attached hydrogens (tertiary/aromatic N) is 2. The largest absolute Gasteiger partial charge is 0.496 e. The van der Waals surface area contributed by atoms with Gasteiger partial charge in [0.2, 0.25) is 5.91 Å². The first-order valence-corrected chi connectivity index (χ1v) is 10.6. The van der Waals surface area contributed by atoms with Crippen molar-refractivity contribution in [1.29, 1.82) is 0 Å². The molecule has 1 amide bonds. The van der Waals surface area contributed by atoms with Crippen LogP contribution in [0.1, 0.15) is 24.2 Å². The first kappa shape index (κ1) is 21.8. The van der Waals surface area contributed by atoms with Crippen molar-refractivity contribution in [3.63, 3.8) is 0 Å². The van der Waals surface area contributed by atoms with E-state index in [1.165, 1.54) is 0 Å². The van der Waals surface area contributed by atoms with Gasteiger partial charge in [0.1, 0.15) is 23.8 Å². The topological polar surface area (TPSA) is 107 Å². The number of carbonyl (C=O) groups is 1. The van der Waals surface area contributed by atoms with Gasteiger partial charge in [-0.1, -0.05) is 18.2 Å². The summed E-state index contributed by atoms with van der Waals surface area (Å²) in [7, 11) is 3.53. The van der Waals surface area contributed by atoms with E-state index in [1.807, 2.05) is 42.1 Å². The van der Waals surface area contributed by atoms with Crippen LogP contribution in [0.4, 0.5) is 0 Å². The highest BCUT2D eigenvalue weighted by atomic mass is 16.6. The van der Waals surface area contributed by atoms with Crippen molar-refractivity contribution in [3.8, 4) is 5.75 Å². The van der Waals surface area contributed by atoms with Crippen molar-refractivity contribution in [2.24, 2.45) is 7.05 Å². The van der Waals surface area contributed by atoms with E-state index in [0.29, 0.717) is 26.1 Å². The average molecular weight is 431 g/mol. The van der Waals surface area contributed by atoms with Crippen LogP contribution in [0.25, 0.3) is 0 Å². The van der Waals surface area contributed by atoms with Gasteiger partial charge in [-0.2, -0.15) is 0 Å². The maximum atomic E-state index is 12.2. The van der Waals surface area contributed by atoms with Gasteiger partial charge in [0, 0.05) is 44.5 Å². The monoisotopic (exact) mass is 430 g/mol. The lowest BCUT2D eigenvalue weighted by atomic mass is 10.1. The molecule has 3 heterocycles. The molecule has 2 aliphatic rings. The zero-order valence-corrected chi connectivity index (χ0v) is 17.9. The standard InChI is InChI=1S/C22H30N4O5/c1-26-8-7-24-19(26)13-25-20(27)10-15-9-17-22(30-15)21(28)18(31-17)12-23-11-14-5-3-4-6-16(14)29-2/h3-8,15,17-18,21-23,28H,9-13H2,1-2H3,(H,25,27). The number of hydrogen-bond acceptors (Lipinski definition) is 7. The summed E-state index contributed by atoms with van der Waals surface area (Å²) in [6, 6.07) is 7.81. The van der Waals surface area contributed by atoms with Crippen molar-refractivity contribution >= 4 is 5.91 Å². The molecule has 2 saturated heterocycles. The van der Waals surface area contributed by atoms with Crippen LogP contribution in [0.15, 0.2) is 36.7 Å². The van der Waals surface area contributed by atoms with E-state index in [-0.39, 0.29) is 30.6 Å². The fraction of sp³-hybridized carbons (Fsp3) is 0.545. The summed E-state index contributed by atoms with van der Waals surface area (Å²) in [6.07, 6.45) is 2.45. The van der Waals surface area contributed by atoms with Crippen LogP contribution < -0.4 is 15.4 Å². The fourth-order valence-electron chi connectivity index (χ4n) is 4.23. The summed E-state index contributed by atoms with van der Waals surface area (Å²) in [5.41, 5.74) is 1.05. The smallest absolute Gasteiger partial charge is 0.222 e. The molecule has 168 valence electrons. The van der Waals surface area contributed by atoms with Crippen LogP contribution >= 0.6 is 0 Å². The number of aryl methyl sites for hydroxylation is 1. The second-order valence-electron chi connectivity index (χ2n) is 8.04. The van der Waals surface area contributed by atoms with Gasteiger partial charge >= 0.3 is 0 Å². The molecule has 1 aromatic heterocycles. The second-order valence-corrected chi connectivity index (χ2v) is 8.04. The third-order valence-electron chi connectivity index (χ3n) is 5.91. The molecule has 9 heteroatoms. The zero-order valence-electron chi connectivity index (χ0n) is 17.9. The average Bonchev–Trinajstić information content (AvgIpc) is 3.43. The van der Waals surface area contributed by atoms with Crippen LogP contribution in [0.3, 0.4) is 0 Å². The number of hydrogen-bond donors (Lipinski definition) is 3. The number of fused-ring (bicyclic) bond motifs is 1. The van der Waals surface area contributed by atoms with Crippen molar-refractivity contribution in [3.05, 3.63) is 48.0 Å². The quantitative estimate of drug-likeness (QED) is 0.532. The van der Waals surface area contributed by atoms with Crippen molar-refractivity contribution < 1.29 is 24.1 Å². The minimum Gasteiger partial charge on any atom is -0.496 e. The molecule has 9 nitrogen and oxygen atoms in total. The number of rotatable bonds is 9. The Labute approximate surface area is 181 Å². The Morgan fingerprint density at radius 1 is 1.32 bits per heavy atom. The summed E-state index contributed by atoms with van der Waals surface area (Å²) >= 11 is 0. The normalized spacial score (nSPS) is 27.3. The number of aliphatic hydroxyl groups excluding tert-OH is 1. The highest BCUT2D eigenvalue weighted by Gasteiger charge is 2.50. The summed E-state index contributed by atoms with van der Waals surface area (Å²) in [6.45, 7) is 1.50. The van der Waals surface area contributed by atoms with Crippen LogP contribution in [0, 0.1) is 0 Å². The van der Waals surface area contributed by atoms with Crippen molar-refractivity contribution in [1.82, 2.24) is 20.2 Å². The van der Waals surface area contributed by atoms with Crippen LogP contribution in [-0.2, 0) is 34.4 Å². The molecule has 2 aliphatic heterocycles. The van der Waals surface area contributed by atoms with E-state index in [0.717, 1.165) is 17.1 Å². The molecule has 0 radical (unpaired) electrons. The summed E-state index contributed by atoms with van der Waals surface area (Å²) in [4.78, 5) is 16.4. The first-order valence-electron chi connectivity index (χ1n) is 10.6. The Kier molecular flexibility index (Phi) is 6.86. The SMILES string of the molecule is COc1ccccc1CNCC1OC2CC(CC(=O)NCc3nccn3C)OC2C1O. The molecule has 0 aliphatic carbocycles. The molecule has 2 fully saturated rings. The third-order valence-corrected chi connectivity index (χ3v) is 5.91. The third kappa shape index (κ3) is 5.07. The first-order chi connectivity index (χ1) is 15.0. The van der Waals surface area contributed by atoms with Gasteiger partial charge in [-0.25, -0.2) is 4.98 Å². The number of methoxy groups -OCH3 is 1. The number of para-hydroxylation sites is 1. The molecular formula is C22H30N4O5. The van der Waals surface area contributed by atoms with E-state index in [2.05, 4.69) is 15.6 Å². The Bertz CT molecular complexity index is 888. The van der Waals surface area contributed by atoms with E-state index in [9.17, 15) is 9.90 Å². The van der Waals surface area contributed by atoms with Gasteiger partial charge in [0.25, 0.3) is 0 Å². The molecule has 0 spiro atoms. The number of carbonyl (C=O) groups excluding carboxylic acids is 1. The minimum atomic E-state index is -0.726. The van der Waals surface area contributed by atoms with Gasteiger partial charge in [0.05, 0.1) is 38.4 Å². The lowest BCUT2D eigenvalue weighted by Crippen LogP contribution is -2.39. The number of aliphatic hydroxyl groups is 1. The van der Waals surface area contributed by atoms with Crippen molar-refractivity contribution in [2.75, 3.05) is 13.7 Å². The lowest BCUT2D eigenvalue weighted by Gasteiger charge is -2.20. The number of aromatic nitrogens is 2. The predicted molar refractivity (Wildman–Crippen MR) is 112 cm³/mol. The molecule has 5 atom stereocenters. The highest BCUT2D eigenvalue weighted by Crippen LogP contribution is 2.35. The van der Waals surface area contributed by atoms with Crippen LogP contribution in [0.5, 0.6) is 5.75 Å². The fourth-order valence-corrected chi connectivity index (χ4v) is 4.23. The molecule has 5 unspecified atom stereocenters. The second kappa shape index (κ2) is 9.78. The van der Waals surface area contributed by atoms with Gasteiger partial charge in [0.15, 0.2) is 0 Å². The van der Waals surface area contributed by atoms with Crippen molar-refractivity contribution in [2.45, 2.75) is 56.5 Å². The Hall–Kier alpha value is -2.46. The highest BCUT2D eigenvalue weighted by molar-refractivity contribution is 5.76. The molecule has 1 aromatic carbocycles. The number of benzene rings is 1. The number of amides is 1. The molecule has 0 bridgehead atoms. The van der Waals surface area contributed by atoms with Crippen LogP contribution in [0.2, 0.25) is 0 Å². The molecule has 2 aromatic rings. The van der Waals surface area contributed by atoms with Gasteiger partial charge < -0.3 is 34.5 Å². The van der Waals surface area contributed by atoms with Crippen LogP contribution in [-0.4, -0.2) is 64.7 Å². The summed E-state index contributed by atoms with van der Waals surface area (Å²) < 4.78 is 19.2. The van der Waals surface area contributed by atoms with E-state index >= 15 is 0 Å². The maximum Gasteiger partial charge on any atom is 0.222 e. The van der Waals surface area contributed by atoms with E-state index in [4.69, 9.17) is 14.2 Å². The Morgan fingerprint density at radius 3 is 2.90 bits per heavy atom. The molecule has 3 N–H and O–H groups in total. The number of imidazole rings is 1. The zero-order chi connectivity index (χ0) is 21.8. The minimum absolute atomic E-state index is 0.0995. The summed E-state index contributed by atoms with van der Waals surface area (Å²) in [5, 5.41) is 16.8. The van der Waals surface area contributed by atoms with Gasteiger partial charge in [-0.3, -0.25) is 4.79 Å². The Balaban J connectivity index is 1.19. The van der Waals surface area contributed by atoms with Gasteiger partial charge in [-0.05, 0) is 6.07 Å². The van der Waals surface area contributed by atoms with E-state index < -0.39 is 12.2 Å². The van der Waals surface area contributed by atoms with E-state index in [1.54, 1.807) is 13.3 Å². The Morgan fingerprint density at radius 2 is 2.16 bits per heavy atom. The molecular weight excluding hydrogens is 400 g/mol. The summed E-state index contributed by atoms with van der Waals surface area (Å²) in [5.74, 6) is 1.52. The molecule has 31 heavy (non-hydrogen) atoms. The molecule has 0 saturated carbocycles. The number of nitrogens with one attached hydrogen (secondary N) is 2. The number of ether oxygens (including phenoxy) is 3.